The third kappa shape index (κ3) is 6.07. The van der Waals surface area contributed by atoms with Crippen LogP contribution in [0.4, 0.5) is 5.69 Å². The quantitative estimate of drug-likeness (QED) is 0.396. The monoisotopic (exact) mass is 475 g/mol. The second-order valence-electron chi connectivity index (χ2n) is 6.65. The van der Waals surface area contributed by atoms with E-state index < -0.39 is 15.9 Å². The van der Waals surface area contributed by atoms with Gasteiger partial charge in [0.05, 0.1) is 40.3 Å². The summed E-state index contributed by atoms with van der Waals surface area (Å²) in [7, 11) is -3.66. The fourth-order valence-electron chi connectivity index (χ4n) is 2.83. The van der Waals surface area contributed by atoms with Crippen LogP contribution in [-0.4, -0.2) is 26.8 Å². The van der Waals surface area contributed by atoms with Gasteiger partial charge in [0.25, 0.3) is 5.91 Å². The third-order valence-corrected chi connectivity index (χ3v) is 6.18. The summed E-state index contributed by atoms with van der Waals surface area (Å²) in [4.78, 5) is 12.8. The summed E-state index contributed by atoms with van der Waals surface area (Å²) in [5.41, 5.74) is 4.30. The molecule has 0 aliphatic rings. The Morgan fingerprint density at radius 3 is 2.35 bits per heavy atom. The molecule has 0 aromatic heterocycles. The van der Waals surface area contributed by atoms with Crippen molar-refractivity contribution in [2.24, 2.45) is 5.10 Å². The lowest BCUT2D eigenvalue weighted by atomic mass is 10.1. The van der Waals surface area contributed by atoms with E-state index in [-0.39, 0.29) is 17.8 Å². The van der Waals surface area contributed by atoms with Gasteiger partial charge in [-0.25, -0.2) is 13.8 Å². The zero-order valence-electron chi connectivity index (χ0n) is 16.5. The maximum absolute atomic E-state index is 12.8. The molecule has 1 amide bonds. The summed E-state index contributed by atoms with van der Waals surface area (Å²) in [6.45, 7) is 0.0938. The Bertz CT molecular complexity index is 1220. The number of halogens is 2. The lowest BCUT2D eigenvalue weighted by Gasteiger charge is -2.24. The Labute approximate surface area is 191 Å². The van der Waals surface area contributed by atoms with E-state index in [2.05, 4.69) is 10.5 Å². The smallest absolute Gasteiger partial charge is 0.267 e. The van der Waals surface area contributed by atoms with Gasteiger partial charge in [-0.1, -0.05) is 71.7 Å². The molecule has 1 N–H and O–H groups in total. The normalized spacial score (nSPS) is 11.5. The van der Waals surface area contributed by atoms with Gasteiger partial charge >= 0.3 is 0 Å². The molecule has 3 aromatic rings. The molecule has 0 aliphatic heterocycles. The molecule has 0 fully saturated rings. The molecule has 0 saturated heterocycles. The molecule has 6 nitrogen and oxygen atoms in total. The van der Waals surface area contributed by atoms with Crippen molar-refractivity contribution in [3.63, 3.8) is 0 Å². The number of sulfonamides is 1. The van der Waals surface area contributed by atoms with Crippen LogP contribution in [0, 0.1) is 0 Å². The largest absolute Gasteiger partial charge is 0.273 e. The van der Waals surface area contributed by atoms with E-state index >= 15 is 0 Å². The number of hydrogen-bond acceptors (Lipinski definition) is 4. The Kier molecular flexibility index (Phi) is 7.33. The number of hydrazone groups is 1. The summed E-state index contributed by atoms with van der Waals surface area (Å²) in [5, 5.41) is 4.72. The van der Waals surface area contributed by atoms with Crippen molar-refractivity contribution in [1.29, 1.82) is 0 Å². The van der Waals surface area contributed by atoms with Gasteiger partial charge in [0.15, 0.2) is 0 Å². The fraction of sp³-hybridized carbons (Fsp3) is 0.0909. The van der Waals surface area contributed by atoms with E-state index in [1.165, 1.54) is 10.5 Å². The first-order valence-corrected chi connectivity index (χ1v) is 11.8. The average molecular weight is 476 g/mol. The molecule has 0 radical (unpaired) electrons. The molecule has 0 atom stereocenters. The van der Waals surface area contributed by atoms with Gasteiger partial charge in [-0.2, -0.15) is 5.10 Å². The highest BCUT2D eigenvalue weighted by molar-refractivity contribution is 7.92. The Morgan fingerprint density at radius 2 is 1.68 bits per heavy atom. The number of anilines is 1. The number of amides is 1. The van der Waals surface area contributed by atoms with Crippen molar-refractivity contribution < 1.29 is 13.2 Å². The zero-order valence-corrected chi connectivity index (χ0v) is 18.8. The topological polar surface area (TPSA) is 78.8 Å². The highest BCUT2D eigenvalue weighted by Gasteiger charge is 2.23. The molecule has 0 aliphatic carbocycles. The summed E-state index contributed by atoms with van der Waals surface area (Å²) in [6.07, 6.45) is 2.52. The molecule has 9 heteroatoms. The highest BCUT2D eigenvalue weighted by Crippen LogP contribution is 2.25. The van der Waals surface area contributed by atoms with Crippen molar-refractivity contribution in [2.45, 2.75) is 6.54 Å². The van der Waals surface area contributed by atoms with Crippen LogP contribution in [0.3, 0.4) is 0 Å². The average Bonchev–Trinajstić information content (AvgIpc) is 2.74. The number of rotatable bonds is 7. The maximum atomic E-state index is 12.8. The van der Waals surface area contributed by atoms with Gasteiger partial charge in [0.2, 0.25) is 10.0 Å². The number of carbonyl (C=O) groups excluding carboxylic acids is 1. The number of hydrogen-bond donors (Lipinski definition) is 1. The second kappa shape index (κ2) is 9.96. The number of benzene rings is 3. The van der Waals surface area contributed by atoms with Gasteiger partial charge in [-0.05, 0) is 35.4 Å². The van der Waals surface area contributed by atoms with Crippen LogP contribution in [0.5, 0.6) is 0 Å². The van der Waals surface area contributed by atoms with E-state index in [0.717, 1.165) is 11.8 Å². The highest BCUT2D eigenvalue weighted by atomic mass is 35.5. The summed E-state index contributed by atoms with van der Waals surface area (Å²) in [5.74, 6) is -0.548. The van der Waals surface area contributed by atoms with Crippen LogP contribution < -0.4 is 9.73 Å². The van der Waals surface area contributed by atoms with Crippen LogP contribution in [-0.2, 0) is 16.6 Å². The number of para-hydroxylation sites is 1. The molecule has 160 valence electrons. The SMILES string of the molecule is CS(=O)(=O)N(Cc1ccccc1)c1ccccc1C(=O)NN=Cc1ccc(Cl)c(Cl)c1. The molecule has 0 spiro atoms. The molecule has 3 rings (SSSR count). The summed E-state index contributed by atoms with van der Waals surface area (Å²) >= 11 is 11.9. The molecular formula is C22H19Cl2N3O3S. The van der Waals surface area contributed by atoms with Crippen molar-refractivity contribution in [3.8, 4) is 0 Å². The molecular weight excluding hydrogens is 457 g/mol. The van der Waals surface area contributed by atoms with Crippen LogP contribution in [0.15, 0.2) is 77.9 Å². The van der Waals surface area contributed by atoms with E-state index in [4.69, 9.17) is 23.2 Å². The molecule has 0 unspecified atom stereocenters. The second-order valence-corrected chi connectivity index (χ2v) is 9.37. The van der Waals surface area contributed by atoms with Gasteiger partial charge in [0, 0.05) is 0 Å². The van der Waals surface area contributed by atoms with Crippen LogP contribution in [0.25, 0.3) is 0 Å². The van der Waals surface area contributed by atoms with Gasteiger partial charge in [0.1, 0.15) is 0 Å². The molecule has 0 bridgehead atoms. The van der Waals surface area contributed by atoms with Crippen molar-refractivity contribution in [2.75, 3.05) is 10.6 Å². The van der Waals surface area contributed by atoms with Crippen LogP contribution in [0.1, 0.15) is 21.5 Å². The summed E-state index contributed by atoms with van der Waals surface area (Å²) in [6, 6.07) is 20.5. The van der Waals surface area contributed by atoms with Crippen molar-refractivity contribution in [3.05, 3.63) is 99.5 Å². The predicted molar refractivity (Wildman–Crippen MR) is 125 cm³/mol. The standard InChI is InChI=1S/C22H19Cl2N3O3S/c1-31(29,30)27(15-16-7-3-2-4-8-16)21-10-6-5-9-18(21)22(28)26-25-14-17-11-12-19(23)20(24)13-17/h2-14H,15H2,1H3,(H,26,28). The lowest BCUT2D eigenvalue weighted by molar-refractivity contribution is 0.0956. The number of nitrogens with zero attached hydrogens (tertiary/aromatic N) is 2. The molecule has 31 heavy (non-hydrogen) atoms. The fourth-order valence-corrected chi connectivity index (χ4v) is 4.04. The van der Waals surface area contributed by atoms with Crippen molar-refractivity contribution >= 4 is 51.0 Å². The minimum atomic E-state index is -3.66. The van der Waals surface area contributed by atoms with E-state index in [1.54, 1.807) is 42.5 Å². The van der Waals surface area contributed by atoms with Crippen LogP contribution in [0.2, 0.25) is 10.0 Å². The van der Waals surface area contributed by atoms with Crippen molar-refractivity contribution in [1.82, 2.24) is 5.43 Å². The van der Waals surface area contributed by atoms with E-state index in [0.29, 0.717) is 15.6 Å². The third-order valence-electron chi connectivity index (χ3n) is 4.31. The number of nitrogens with one attached hydrogen (secondary N) is 1. The predicted octanol–water partition coefficient (Wildman–Crippen LogP) is 4.72. The van der Waals surface area contributed by atoms with Crippen LogP contribution >= 0.6 is 23.2 Å². The Hall–Kier alpha value is -2.87. The summed E-state index contributed by atoms with van der Waals surface area (Å²) < 4.78 is 26.2. The molecule has 0 heterocycles. The van der Waals surface area contributed by atoms with E-state index in [9.17, 15) is 13.2 Å². The minimum absolute atomic E-state index is 0.0938. The van der Waals surface area contributed by atoms with E-state index in [1.807, 2.05) is 30.3 Å². The number of carbonyl (C=O) groups is 1. The maximum Gasteiger partial charge on any atom is 0.273 e. The Balaban J connectivity index is 1.85. The zero-order chi connectivity index (χ0) is 22.4. The van der Waals surface area contributed by atoms with Gasteiger partial charge < -0.3 is 0 Å². The molecule has 0 saturated carbocycles. The minimum Gasteiger partial charge on any atom is -0.267 e. The first kappa shape index (κ1) is 22.8. The Morgan fingerprint density at radius 1 is 1.00 bits per heavy atom. The molecule has 3 aromatic carbocycles. The lowest BCUT2D eigenvalue weighted by Crippen LogP contribution is -2.32. The van der Waals surface area contributed by atoms with Gasteiger partial charge in [-0.3, -0.25) is 9.10 Å². The first-order chi connectivity index (χ1) is 14.8. The van der Waals surface area contributed by atoms with Gasteiger partial charge in [-0.15, -0.1) is 0 Å². The first-order valence-electron chi connectivity index (χ1n) is 9.15.